The zero-order valence-corrected chi connectivity index (χ0v) is 20.5. The fourth-order valence-corrected chi connectivity index (χ4v) is 6.87. The normalized spacial score (nSPS) is 30.8. The average molecular weight is 485 g/mol. The Labute approximate surface area is 211 Å². The van der Waals surface area contributed by atoms with Crippen LogP contribution in [0.3, 0.4) is 0 Å². The highest BCUT2D eigenvalue weighted by Crippen LogP contribution is 2.44. The Morgan fingerprint density at radius 2 is 1.86 bits per heavy atom. The number of hydrazine groups is 1. The van der Waals surface area contributed by atoms with E-state index < -0.39 is 0 Å². The van der Waals surface area contributed by atoms with Gasteiger partial charge in [-0.25, -0.2) is 10.4 Å². The number of nitrogens with zero attached hydrogens (tertiary/aromatic N) is 2. The minimum absolute atomic E-state index is 0.0493. The zero-order chi connectivity index (χ0) is 24.2. The molecule has 0 saturated carbocycles. The summed E-state index contributed by atoms with van der Waals surface area (Å²) < 4.78 is 10.8. The average Bonchev–Trinajstić information content (AvgIpc) is 3.70. The van der Waals surface area contributed by atoms with Crippen LogP contribution in [0.25, 0.3) is 10.8 Å². The van der Waals surface area contributed by atoms with Gasteiger partial charge in [0, 0.05) is 50.4 Å². The topological polar surface area (TPSA) is 66.1 Å². The third-order valence-corrected chi connectivity index (χ3v) is 8.75. The minimum Gasteiger partial charge on any atom is -0.454 e. The molecule has 3 aromatic rings. The summed E-state index contributed by atoms with van der Waals surface area (Å²) in [5, 5.41) is 8.12. The molecule has 2 bridgehead atoms. The molecular formula is C29H32N4O3. The second kappa shape index (κ2) is 8.76. The Morgan fingerprint density at radius 3 is 2.72 bits per heavy atom. The molecule has 1 amide bonds. The molecule has 6 unspecified atom stereocenters. The lowest BCUT2D eigenvalue weighted by atomic mass is 9.81. The molecule has 3 aromatic carbocycles. The summed E-state index contributed by atoms with van der Waals surface area (Å²) in [7, 11) is 2.20. The number of carbonyl (C=O) groups excluding carboxylic acids is 1. The number of carbonyl (C=O) groups is 1. The van der Waals surface area contributed by atoms with Crippen molar-refractivity contribution in [1.82, 2.24) is 20.7 Å². The molecule has 0 aliphatic carbocycles. The summed E-state index contributed by atoms with van der Waals surface area (Å²) in [6.07, 6.45) is 2.28. The third-order valence-electron chi connectivity index (χ3n) is 8.75. The highest BCUT2D eigenvalue weighted by molar-refractivity contribution is 5.95. The second-order valence-corrected chi connectivity index (χ2v) is 10.7. The number of benzene rings is 3. The van der Waals surface area contributed by atoms with Gasteiger partial charge in [0.15, 0.2) is 11.5 Å². The van der Waals surface area contributed by atoms with Crippen LogP contribution in [0, 0.1) is 11.8 Å². The van der Waals surface area contributed by atoms with Crippen molar-refractivity contribution < 1.29 is 14.3 Å². The molecule has 0 aromatic heterocycles. The summed E-state index contributed by atoms with van der Waals surface area (Å²) in [5.41, 5.74) is 5.74. The van der Waals surface area contributed by atoms with Crippen LogP contribution in [0.4, 0.5) is 0 Å². The summed E-state index contributed by atoms with van der Waals surface area (Å²) in [4.78, 5) is 15.3. The lowest BCUT2D eigenvalue weighted by molar-refractivity contribution is 0.0919. The van der Waals surface area contributed by atoms with E-state index >= 15 is 0 Å². The largest absolute Gasteiger partial charge is 0.454 e. The number of piperidine rings is 1. The van der Waals surface area contributed by atoms with Gasteiger partial charge in [-0.1, -0.05) is 36.4 Å². The van der Waals surface area contributed by atoms with Crippen molar-refractivity contribution in [2.75, 3.05) is 33.5 Å². The van der Waals surface area contributed by atoms with Crippen LogP contribution in [0.15, 0.2) is 60.7 Å². The molecule has 4 heterocycles. The molecular weight excluding hydrogens is 452 g/mol. The number of hydrogen-bond donors (Lipinski definition) is 2. The predicted octanol–water partition coefficient (Wildman–Crippen LogP) is 3.57. The predicted molar refractivity (Wildman–Crippen MR) is 138 cm³/mol. The molecule has 0 spiro atoms. The lowest BCUT2D eigenvalue weighted by Crippen LogP contribution is -2.47. The van der Waals surface area contributed by atoms with Crippen molar-refractivity contribution in [2.24, 2.45) is 11.8 Å². The van der Waals surface area contributed by atoms with Gasteiger partial charge < -0.3 is 14.8 Å². The van der Waals surface area contributed by atoms with E-state index in [0.717, 1.165) is 25.9 Å². The van der Waals surface area contributed by atoms with Gasteiger partial charge in [0.2, 0.25) is 6.79 Å². The lowest BCUT2D eigenvalue weighted by Gasteiger charge is -2.35. The first-order valence-electron chi connectivity index (χ1n) is 13.0. The van der Waals surface area contributed by atoms with Gasteiger partial charge in [-0.3, -0.25) is 9.69 Å². The highest BCUT2D eigenvalue weighted by Gasteiger charge is 2.49. The van der Waals surface area contributed by atoms with Crippen molar-refractivity contribution in [3.8, 4) is 11.5 Å². The van der Waals surface area contributed by atoms with Crippen molar-refractivity contribution in [3.05, 3.63) is 71.8 Å². The molecule has 186 valence electrons. The Morgan fingerprint density at radius 1 is 1.00 bits per heavy atom. The van der Waals surface area contributed by atoms with Crippen LogP contribution < -0.4 is 20.2 Å². The van der Waals surface area contributed by atoms with Crippen molar-refractivity contribution in [1.29, 1.82) is 0 Å². The molecule has 3 saturated heterocycles. The summed E-state index contributed by atoms with van der Waals surface area (Å²) in [5.74, 6) is 2.64. The van der Waals surface area contributed by atoms with Crippen LogP contribution in [0.2, 0.25) is 0 Å². The molecule has 6 atom stereocenters. The van der Waals surface area contributed by atoms with Gasteiger partial charge in [-0.15, -0.1) is 0 Å². The van der Waals surface area contributed by atoms with Crippen LogP contribution in [-0.2, 0) is 0 Å². The standard InChI is InChI=1S/C29H32N4O3/c1-32-26(13-25(31-32)20-7-6-18-4-2-3-5-19(18)10-20)24-16-33-15-22(24)11-23(33)14-30-29(34)21-8-9-27-28(12-21)36-17-35-27/h2-10,12,22-26,31H,11,13-17H2,1H3,(H,30,34). The monoisotopic (exact) mass is 484 g/mol. The number of nitrogens with one attached hydrogen (secondary N) is 2. The number of ether oxygens (including phenoxy) is 2. The van der Waals surface area contributed by atoms with Crippen molar-refractivity contribution in [2.45, 2.75) is 31.0 Å². The van der Waals surface area contributed by atoms with Gasteiger partial charge in [0.25, 0.3) is 5.91 Å². The maximum absolute atomic E-state index is 12.7. The molecule has 4 aliphatic rings. The molecule has 7 heteroatoms. The summed E-state index contributed by atoms with van der Waals surface area (Å²) in [6, 6.07) is 22.1. The first-order valence-corrected chi connectivity index (χ1v) is 13.0. The van der Waals surface area contributed by atoms with Gasteiger partial charge in [-0.2, -0.15) is 0 Å². The maximum atomic E-state index is 12.7. The number of rotatable bonds is 5. The van der Waals surface area contributed by atoms with Gasteiger partial charge in [0.05, 0.1) is 0 Å². The highest BCUT2D eigenvalue weighted by atomic mass is 16.7. The van der Waals surface area contributed by atoms with Crippen molar-refractivity contribution >= 4 is 16.7 Å². The zero-order valence-electron chi connectivity index (χ0n) is 20.5. The van der Waals surface area contributed by atoms with E-state index in [2.05, 4.69) is 70.2 Å². The van der Waals surface area contributed by atoms with Crippen LogP contribution in [-0.4, -0.2) is 61.4 Å². The van der Waals surface area contributed by atoms with E-state index in [1.807, 2.05) is 0 Å². The Hall–Kier alpha value is -3.13. The molecule has 3 fully saturated rings. The van der Waals surface area contributed by atoms with E-state index in [1.165, 1.54) is 16.3 Å². The molecule has 0 radical (unpaired) electrons. The van der Waals surface area contributed by atoms with E-state index in [0.29, 0.717) is 53.6 Å². The van der Waals surface area contributed by atoms with Crippen molar-refractivity contribution in [3.63, 3.8) is 0 Å². The van der Waals surface area contributed by atoms with Gasteiger partial charge >= 0.3 is 0 Å². The fraction of sp³-hybridized carbons (Fsp3) is 0.414. The van der Waals surface area contributed by atoms with E-state index in [4.69, 9.17) is 9.47 Å². The van der Waals surface area contributed by atoms with Crippen LogP contribution in [0.5, 0.6) is 11.5 Å². The fourth-order valence-electron chi connectivity index (χ4n) is 6.87. The Balaban J connectivity index is 0.961. The first-order chi connectivity index (χ1) is 17.6. The number of amides is 1. The minimum atomic E-state index is -0.0493. The Bertz CT molecular complexity index is 1310. The van der Waals surface area contributed by atoms with E-state index in [9.17, 15) is 4.79 Å². The van der Waals surface area contributed by atoms with Gasteiger partial charge in [-0.05, 0) is 65.3 Å². The molecule has 4 aliphatic heterocycles. The number of hydrogen-bond acceptors (Lipinski definition) is 6. The summed E-state index contributed by atoms with van der Waals surface area (Å²) >= 11 is 0. The second-order valence-electron chi connectivity index (χ2n) is 10.7. The molecule has 36 heavy (non-hydrogen) atoms. The SMILES string of the molecule is CN1NC(c2ccc3ccccc3c2)CC1C1CN2CC1CC2CNC(=O)c1ccc2c(c1)OCO2. The van der Waals surface area contributed by atoms with Crippen LogP contribution >= 0.6 is 0 Å². The first kappa shape index (κ1) is 22.1. The number of fused-ring (bicyclic) bond motifs is 4. The third kappa shape index (κ3) is 3.82. The smallest absolute Gasteiger partial charge is 0.251 e. The van der Waals surface area contributed by atoms with E-state index in [-0.39, 0.29) is 12.7 Å². The Kier molecular flexibility index (Phi) is 5.38. The van der Waals surface area contributed by atoms with E-state index in [1.54, 1.807) is 18.2 Å². The molecule has 7 nitrogen and oxygen atoms in total. The van der Waals surface area contributed by atoms with Crippen LogP contribution in [0.1, 0.15) is 34.8 Å². The molecule has 7 rings (SSSR count). The summed E-state index contributed by atoms with van der Waals surface area (Å²) in [6.45, 7) is 3.15. The molecule has 2 N–H and O–H groups in total. The quantitative estimate of drug-likeness (QED) is 0.577. The van der Waals surface area contributed by atoms with Gasteiger partial charge in [0.1, 0.15) is 0 Å². The maximum Gasteiger partial charge on any atom is 0.251 e.